The Kier molecular flexibility index (Phi) is 2.83. The van der Waals surface area contributed by atoms with Crippen LogP contribution < -0.4 is 5.73 Å². The Morgan fingerprint density at radius 1 is 1.00 bits per heavy atom. The quantitative estimate of drug-likeness (QED) is 0.768. The molecule has 0 amide bonds. The molecule has 1 aromatic rings. The second-order valence-corrected chi connectivity index (χ2v) is 4.31. The summed E-state index contributed by atoms with van der Waals surface area (Å²) in [5.74, 6) is 0. The smallest absolute Gasteiger partial charge is 0.322 e. The molecule has 0 bridgehead atoms. The van der Waals surface area contributed by atoms with E-state index in [1.165, 1.54) is 0 Å². The van der Waals surface area contributed by atoms with Crippen LogP contribution in [0.4, 0.5) is 13.2 Å². The lowest BCUT2D eigenvalue weighted by atomic mass is 9.92. The van der Waals surface area contributed by atoms with Gasteiger partial charge in [0.1, 0.15) is 0 Å². The molecule has 84 valence electrons. The van der Waals surface area contributed by atoms with Crippen LogP contribution in [0.3, 0.4) is 0 Å². The molecule has 0 aliphatic heterocycles. The van der Waals surface area contributed by atoms with Crippen molar-refractivity contribution >= 4 is 0 Å². The third-order valence-electron chi connectivity index (χ3n) is 2.15. The number of aryl methyl sites for hydroxylation is 1. The van der Waals surface area contributed by atoms with Gasteiger partial charge < -0.3 is 5.73 Å². The van der Waals surface area contributed by atoms with E-state index in [-0.39, 0.29) is 0 Å². The van der Waals surface area contributed by atoms with Gasteiger partial charge in [-0.25, -0.2) is 0 Å². The minimum Gasteiger partial charge on any atom is -0.322 e. The maximum Gasteiger partial charge on any atom is 0.416 e. The second-order valence-electron chi connectivity index (χ2n) is 4.31. The van der Waals surface area contributed by atoms with E-state index in [1.54, 1.807) is 26.8 Å². The summed E-state index contributed by atoms with van der Waals surface area (Å²) < 4.78 is 37.5. The highest BCUT2D eigenvalue weighted by Crippen LogP contribution is 2.32. The maximum atomic E-state index is 12.5. The molecule has 0 radical (unpaired) electrons. The lowest BCUT2D eigenvalue weighted by Gasteiger charge is -2.21. The first-order valence-electron chi connectivity index (χ1n) is 4.59. The number of nitrogens with two attached hydrogens (primary N) is 1. The molecule has 0 atom stereocenters. The average Bonchev–Trinajstić information content (AvgIpc) is 1.99. The van der Waals surface area contributed by atoms with Crippen LogP contribution in [0.5, 0.6) is 0 Å². The topological polar surface area (TPSA) is 26.0 Å². The monoisotopic (exact) mass is 217 g/mol. The summed E-state index contributed by atoms with van der Waals surface area (Å²) in [5, 5.41) is 0. The van der Waals surface area contributed by atoms with E-state index >= 15 is 0 Å². The van der Waals surface area contributed by atoms with Crippen LogP contribution in [0, 0.1) is 6.92 Å². The van der Waals surface area contributed by atoms with Gasteiger partial charge in [-0.1, -0.05) is 11.6 Å². The number of alkyl halides is 3. The molecule has 0 aliphatic rings. The van der Waals surface area contributed by atoms with Crippen LogP contribution in [0.25, 0.3) is 0 Å². The van der Waals surface area contributed by atoms with Gasteiger partial charge in [-0.3, -0.25) is 0 Å². The summed E-state index contributed by atoms with van der Waals surface area (Å²) >= 11 is 0. The van der Waals surface area contributed by atoms with Gasteiger partial charge in [0, 0.05) is 5.54 Å². The fourth-order valence-corrected chi connectivity index (χ4v) is 1.32. The Morgan fingerprint density at radius 2 is 1.47 bits per heavy atom. The summed E-state index contributed by atoms with van der Waals surface area (Å²) in [6.45, 7) is 4.99. The van der Waals surface area contributed by atoms with Crippen LogP contribution in [0.1, 0.15) is 30.5 Å². The minimum absolute atomic E-state index is 0.495. The first-order chi connectivity index (χ1) is 6.60. The fourth-order valence-electron chi connectivity index (χ4n) is 1.32. The summed E-state index contributed by atoms with van der Waals surface area (Å²) in [6.07, 6.45) is -4.31. The molecule has 0 unspecified atom stereocenters. The Morgan fingerprint density at radius 3 is 1.87 bits per heavy atom. The van der Waals surface area contributed by atoms with Crippen LogP contribution in [0.15, 0.2) is 18.2 Å². The van der Waals surface area contributed by atoms with Gasteiger partial charge in [0.15, 0.2) is 0 Å². The lowest BCUT2D eigenvalue weighted by molar-refractivity contribution is -0.137. The number of halogens is 3. The van der Waals surface area contributed by atoms with Gasteiger partial charge >= 0.3 is 6.18 Å². The number of hydrogen-bond acceptors (Lipinski definition) is 1. The standard InChI is InChI=1S/C11H14F3N/c1-7-4-8(10(2,3)15)6-9(5-7)11(12,13)14/h4-6H,15H2,1-3H3. The Bertz CT molecular complexity index is 329. The number of benzene rings is 1. The molecule has 1 rings (SSSR count). The number of hydrogen-bond donors (Lipinski definition) is 1. The minimum atomic E-state index is -4.31. The molecular weight excluding hydrogens is 203 g/mol. The molecule has 0 aromatic heterocycles. The zero-order valence-electron chi connectivity index (χ0n) is 8.94. The van der Waals surface area contributed by atoms with E-state index in [0.717, 1.165) is 12.1 Å². The molecule has 0 heterocycles. The SMILES string of the molecule is Cc1cc(C(C)(C)N)cc(C(F)(F)F)c1. The molecule has 0 aliphatic carbocycles. The number of rotatable bonds is 1. The zero-order chi connectivity index (χ0) is 11.9. The van der Waals surface area contributed by atoms with Gasteiger partial charge in [-0.15, -0.1) is 0 Å². The van der Waals surface area contributed by atoms with Crippen molar-refractivity contribution in [2.75, 3.05) is 0 Å². The van der Waals surface area contributed by atoms with Gasteiger partial charge in [-0.05, 0) is 38.5 Å². The highest BCUT2D eigenvalue weighted by atomic mass is 19.4. The third-order valence-corrected chi connectivity index (χ3v) is 2.15. The van der Waals surface area contributed by atoms with E-state index in [4.69, 9.17) is 5.73 Å². The van der Waals surface area contributed by atoms with E-state index in [9.17, 15) is 13.2 Å². The van der Waals surface area contributed by atoms with Gasteiger partial charge in [0.25, 0.3) is 0 Å². The van der Waals surface area contributed by atoms with E-state index < -0.39 is 17.3 Å². The molecule has 0 saturated heterocycles. The van der Waals surface area contributed by atoms with Crippen LogP contribution in [0.2, 0.25) is 0 Å². The third kappa shape index (κ3) is 2.96. The van der Waals surface area contributed by atoms with Crippen molar-refractivity contribution in [3.05, 3.63) is 34.9 Å². The summed E-state index contributed by atoms with van der Waals surface area (Å²) in [4.78, 5) is 0. The first-order valence-corrected chi connectivity index (χ1v) is 4.59. The molecule has 15 heavy (non-hydrogen) atoms. The van der Waals surface area contributed by atoms with E-state index in [0.29, 0.717) is 11.1 Å². The van der Waals surface area contributed by atoms with Gasteiger partial charge in [0.05, 0.1) is 5.56 Å². The predicted octanol–water partition coefficient (Wildman–Crippen LogP) is 3.21. The van der Waals surface area contributed by atoms with Crippen molar-refractivity contribution in [3.63, 3.8) is 0 Å². The first kappa shape index (κ1) is 12.0. The molecule has 0 fully saturated rings. The van der Waals surface area contributed by atoms with E-state index in [2.05, 4.69) is 0 Å². The zero-order valence-corrected chi connectivity index (χ0v) is 8.94. The van der Waals surface area contributed by atoms with Crippen molar-refractivity contribution in [1.82, 2.24) is 0 Å². The molecular formula is C11H14F3N. The lowest BCUT2D eigenvalue weighted by Crippen LogP contribution is -2.29. The highest BCUT2D eigenvalue weighted by Gasteiger charge is 2.31. The predicted molar refractivity (Wildman–Crippen MR) is 53.4 cm³/mol. The van der Waals surface area contributed by atoms with Crippen molar-refractivity contribution in [1.29, 1.82) is 0 Å². The van der Waals surface area contributed by atoms with Crippen molar-refractivity contribution < 1.29 is 13.2 Å². The molecule has 0 saturated carbocycles. The van der Waals surface area contributed by atoms with Crippen molar-refractivity contribution in [3.8, 4) is 0 Å². The molecule has 4 heteroatoms. The molecule has 2 N–H and O–H groups in total. The van der Waals surface area contributed by atoms with Crippen molar-refractivity contribution in [2.24, 2.45) is 5.73 Å². The van der Waals surface area contributed by atoms with Crippen LogP contribution in [-0.2, 0) is 11.7 Å². The summed E-state index contributed by atoms with van der Waals surface area (Å²) in [6, 6.07) is 3.90. The van der Waals surface area contributed by atoms with Gasteiger partial charge in [-0.2, -0.15) is 13.2 Å². The largest absolute Gasteiger partial charge is 0.416 e. The fraction of sp³-hybridized carbons (Fsp3) is 0.455. The Labute approximate surface area is 87.1 Å². The molecule has 0 spiro atoms. The van der Waals surface area contributed by atoms with Crippen LogP contribution in [-0.4, -0.2) is 0 Å². The Hall–Kier alpha value is -1.03. The Balaban J connectivity index is 3.30. The summed E-state index contributed by atoms with van der Waals surface area (Å²) in [7, 11) is 0. The average molecular weight is 217 g/mol. The normalized spacial score (nSPS) is 13.0. The summed E-state index contributed by atoms with van der Waals surface area (Å²) in [5.41, 5.74) is 5.43. The molecule has 1 nitrogen and oxygen atoms in total. The van der Waals surface area contributed by atoms with Crippen molar-refractivity contribution in [2.45, 2.75) is 32.5 Å². The highest BCUT2D eigenvalue weighted by molar-refractivity contribution is 5.34. The second kappa shape index (κ2) is 3.52. The maximum absolute atomic E-state index is 12.5. The molecule has 1 aromatic carbocycles. The van der Waals surface area contributed by atoms with Gasteiger partial charge in [0.2, 0.25) is 0 Å². The van der Waals surface area contributed by atoms with E-state index in [1.807, 2.05) is 0 Å². The van der Waals surface area contributed by atoms with Crippen LogP contribution >= 0.6 is 0 Å².